The van der Waals surface area contributed by atoms with Crippen LogP contribution in [-0.2, 0) is 17.7 Å². The molecule has 1 unspecified atom stereocenters. The Balaban J connectivity index is 2.02. The van der Waals surface area contributed by atoms with Gasteiger partial charge in [-0.15, -0.1) is 11.3 Å². The summed E-state index contributed by atoms with van der Waals surface area (Å²) in [5.41, 5.74) is 1.66. The highest BCUT2D eigenvalue weighted by Gasteiger charge is 2.31. The number of hydrogen-bond donors (Lipinski definition) is 2. The third-order valence-corrected chi connectivity index (χ3v) is 5.88. The van der Waals surface area contributed by atoms with Crippen molar-refractivity contribution in [2.75, 3.05) is 13.6 Å². The standard InChI is InChI=1S/C20H23BrN2O3S/c1-20(2,3)26-19(25)17-14-7-8-23(4)11-16(14)27-18(17)22-10-12-9-13(21)5-6-15(12)24/h5-6,9-10,24H,7-8,11H2,1-4H3/p+1/b22-10+. The molecule has 2 aromatic rings. The van der Waals surface area contributed by atoms with Gasteiger partial charge in [-0.05, 0) is 44.5 Å². The molecule has 0 radical (unpaired) electrons. The van der Waals surface area contributed by atoms with E-state index < -0.39 is 5.60 Å². The van der Waals surface area contributed by atoms with Gasteiger partial charge in [-0.3, -0.25) is 0 Å². The summed E-state index contributed by atoms with van der Waals surface area (Å²) in [5, 5.41) is 10.7. The summed E-state index contributed by atoms with van der Waals surface area (Å²) in [6.45, 7) is 7.46. The number of ether oxygens (including phenoxy) is 1. The summed E-state index contributed by atoms with van der Waals surface area (Å²) >= 11 is 4.94. The second kappa shape index (κ2) is 7.73. The number of quaternary nitrogens is 1. The first-order valence-corrected chi connectivity index (χ1v) is 10.5. The number of hydrogen-bond acceptors (Lipinski definition) is 5. The number of phenols is 1. The van der Waals surface area contributed by atoms with Gasteiger partial charge in [0.25, 0.3) is 0 Å². The van der Waals surface area contributed by atoms with Gasteiger partial charge in [-0.25, -0.2) is 9.79 Å². The van der Waals surface area contributed by atoms with Gasteiger partial charge in [-0.1, -0.05) is 15.9 Å². The molecule has 0 bridgehead atoms. The molecule has 1 atom stereocenters. The topological polar surface area (TPSA) is 63.3 Å². The minimum atomic E-state index is -0.563. The number of benzene rings is 1. The van der Waals surface area contributed by atoms with E-state index in [0.717, 1.165) is 29.5 Å². The molecule has 1 aromatic carbocycles. The monoisotopic (exact) mass is 451 g/mol. The fraction of sp³-hybridized carbons (Fsp3) is 0.400. The molecule has 7 heteroatoms. The average molecular weight is 452 g/mol. The van der Waals surface area contributed by atoms with Gasteiger partial charge in [0, 0.05) is 22.7 Å². The quantitative estimate of drug-likeness (QED) is 0.554. The number of aliphatic imine (C=N–C) groups is 1. The maximum atomic E-state index is 12.9. The number of halogens is 1. The van der Waals surface area contributed by atoms with E-state index in [-0.39, 0.29) is 11.7 Å². The van der Waals surface area contributed by atoms with E-state index in [2.05, 4.69) is 28.0 Å². The van der Waals surface area contributed by atoms with Crippen molar-refractivity contribution in [3.63, 3.8) is 0 Å². The van der Waals surface area contributed by atoms with Gasteiger partial charge >= 0.3 is 5.97 Å². The number of rotatable bonds is 3. The van der Waals surface area contributed by atoms with Crippen LogP contribution >= 0.6 is 27.3 Å². The van der Waals surface area contributed by atoms with Crippen LogP contribution in [-0.4, -0.2) is 36.5 Å². The highest BCUT2D eigenvalue weighted by atomic mass is 79.9. The van der Waals surface area contributed by atoms with Gasteiger partial charge in [-0.2, -0.15) is 0 Å². The second-order valence-corrected chi connectivity index (χ2v) is 9.78. The number of nitrogens with zero attached hydrogens (tertiary/aromatic N) is 1. The largest absolute Gasteiger partial charge is 0.507 e. The molecular formula is C20H24BrN2O3S+. The lowest BCUT2D eigenvalue weighted by Gasteiger charge is -2.22. The predicted molar refractivity (Wildman–Crippen MR) is 112 cm³/mol. The SMILES string of the molecule is C[NH+]1CCc2c(sc(/N=C/c3cc(Br)ccc3O)c2C(=O)OC(C)(C)C)C1. The molecule has 0 saturated carbocycles. The normalized spacial score (nSPS) is 17.1. The first-order valence-electron chi connectivity index (χ1n) is 8.86. The third-order valence-electron chi connectivity index (χ3n) is 4.25. The zero-order valence-corrected chi connectivity index (χ0v) is 18.3. The van der Waals surface area contributed by atoms with Crippen molar-refractivity contribution in [2.24, 2.45) is 4.99 Å². The van der Waals surface area contributed by atoms with E-state index in [1.54, 1.807) is 24.4 Å². The van der Waals surface area contributed by atoms with E-state index in [1.165, 1.54) is 21.1 Å². The number of fused-ring (bicyclic) bond motifs is 1. The molecule has 0 saturated heterocycles. The summed E-state index contributed by atoms with van der Waals surface area (Å²) in [7, 11) is 2.15. The summed E-state index contributed by atoms with van der Waals surface area (Å²) < 4.78 is 6.49. The van der Waals surface area contributed by atoms with E-state index in [9.17, 15) is 9.90 Å². The van der Waals surface area contributed by atoms with E-state index in [1.807, 2.05) is 20.8 Å². The van der Waals surface area contributed by atoms with Crippen LogP contribution in [0.4, 0.5) is 5.00 Å². The summed E-state index contributed by atoms with van der Waals surface area (Å²) in [6.07, 6.45) is 2.44. The number of likely N-dealkylation sites (N-methyl/N-ethyl adjacent to an activating group) is 1. The number of carbonyl (C=O) groups is 1. The molecule has 2 heterocycles. The van der Waals surface area contributed by atoms with Gasteiger partial charge in [0.1, 0.15) is 28.5 Å². The zero-order valence-electron chi connectivity index (χ0n) is 15.9. The molecule has 5 nitrogen and oxygen atoms in total. The Kier molecular flexibility index (Phi) is 5.74. The van der Waals surface area contributed by atoms with Gasteiger partial charge in [0.2, 0.25) is 0 Å². The molecule has 1 aliphatic rings. The maximum Gasteiger partial charge on any atom is 0.342 e. The molecule has 0 amide bonds. The van der Waals surface area contributed by atoms with Crippen molar-refractivity contribution in [3.8, 4) is 5.75 Å². The van der Waals surface area contributed by atoms with Crippen LogP contribution in [0.1, 0.15) is 47.1 Å². The lowest BCUT2D eigenvalue weighted by molar-refractivity contribution is -0.895. The van der Waals surface area contributed by atoms with Crippen molar-refractivity contribution < 1.29 is 19.5 Å². The molecule has 144 valence electrons. The Labute approximate surface area is 171 Å². The van der Waals surface area contributed by atoms with Crippen molar-refractivity contribution in [3.05, 3.63) is 44.2 Å². The Morgan fingerprint density at radius 2 is 2.15 bits per heavy atom. The van der Waals surface area contributed by atoms with E-state index >= 15 is 0 Å². The van der Waals surface area contributed by atoms with Crippen LogP contribution < -0.4 is 4.90 Å². The molecule has 2 N–H and O–H groups in total. The van der Waals surface area contributed by atoms with Crippen LogP contribution in [0.3, 0.4) is 0 Å². The fourth-order valence-electron chi connectivity index (χ4n) is 2.99. The number of carbonyl (C=O) groups excluding carboxylic acids is 1. The van der Waals surface area contributed by atoms with Crippen LogP contribution in [0.5, 0.6) is 5.75 Å². The molecule has 3 rings (SSSR count). The Hall–Kier alpha value is -1.70. The zero-order chi connectivity index (χ0) is 19.8. The highest BCUT2D eigenvalue weighted by molar-refractivity contribution is 9.10. The van der Waals surface area contributed by atoms with Crippen LogP contribution in [0.25, 0.3) is 0 Å². The van der Waals surface area contributed by atoms with Crippen LogP contribution in [0.2, 0.25) is 0 Å². The Bertz CT molecular complexity index is 899. The summed E-state index contributed by atoms with van der Waals surface area (Å²) in [6, 6.07) is 5.16. The van der Waals surface area contributed by atoms with Crippen LogP contribution in [0, 0.1) is 0 Å². The highest BCUT2D eigenvalue weighted by Crippen LogP contribution is 2.38. The number of thiophene rings is 1. The van der Waals surface area contributed by atoms with E-state index in [4.69, 9.17) is 4.74 Å². The predicted octanol–water partition coefficient (Wildman–Crippen LogP) is 3.49. The van der Waals surface area contributed by atoms with Crippen molar-refractivity contribution in [1.29, 1.82) is 0 Å². The van der Waals surface area contributed by atoms with E-state index in [0.29, 0.717) is 16.1 Å². The molecule has 0 fully saturated rings. The fourth-order valence-corrected chi connectivity index (χ4v) is 4.67. The van der Waals surface area contributed by atoms with Crippen LogP contribution in [0.15, 0.2) is 27.7 Å². The first-order chi connectivity index (χ1) is 12.6. The summed E-state index contributed by atoms with van der Waals surface area (Å²) in [4.78, 5) is 20.0. The first kappa shape index (κ1) is 20.0. The smallest absolute Gasteiger partial charge is 0.342 e. The molecule has 27 heavy (non-hydrogen) atoms. The minimum absolute atomic E-state index is 0.145. The molecule has 0 aliphatic carbocycles. The van der Waals surface area contributed by atoms with Crippen molar-refractivity contribution in [2.45, 2.75) is 39.3 Å². The number of aromatic hydroxyl groups is 1. The number of nitrogens with one attached hydrogen (secondary N) is 1. The third kappa shape index (κ3) is 4.78. The Morgan fingerprint density at radius 3 is 2.85 bits per heavy atom. The minimum Gasteiger partial charge on any atom is -0.507 e. The molecular weight excluding hydrogens is 428 g/mol. The maximum absolute atomic E-state index is 12.9. The van der Waals surface area contributed by atoms with Gasteiger partial charge in [0.05, 0.1) is 18.5 Å². The van der Waals surface area contributed by atoms with Gasteiger partial charge < -0.3 is 14.7 Å². The molecule has 1 aliphatic heterocycles. The number of phenolic OH excluding ortho intramolecular Hbond substituents is 1. The second-order valence-electron chi connectivity index (χ2n) is 7.78. The lowest BCUT2D eigenvalue weighted by atomic mass is 10.0. The van der Waals surface area contributed by atoms with Crippen molar-refractivity contribution >= 4 is 44.5 Å². The molecule has 1 aromatic heterocycles. The molecule has 0 spiro atoms. The van der Waals surface area contributed by atoms with Crippen molar-refractivity contribution in [1.82, 2.24) is 0 Å². The van der Waals surface area contributed by atoms with Gasteiger partial charge in [0.15, 0.2) is 0 Å². The Morgan fingerprint density at radius 1 is 1.41 bits per heavy atom. The lowest BCUT2D eigenvalue weighted by Crippen LogP contribution is -3.08. The summed E-state index contributed by atoms with van der Waals surface area (Å²) in [5.74, 6) is -0.184. The number of esters is 1. The average Bonchev–Trinajstić information content (AvgIpc) is 2.91.